The van der Waals surface area contributed by atoms with Gasteiger partial charge in [0, 0.05) is 43.5 Å². The van der Waals surface area contributed by atoms with Gasteiger partial charge in [-0.05, 0) is 62.1 Å². The lowest BCUT2D eigenvalue weighted by Crippen LogP contribution is -2.43. The topological polar surface area (TPSA) is 78.7 Å². The maximum atomic E-state index is 13.1. The zero-order chi connectivity index (χ0) is 24.5. The number of nitrogens with one attached hydrogen (secondary N) is 2. The molecule has 1 aliphatic rings. The fourth-order valence-corrected chi connectivity index (χ4v) is 4.39. The van der Waals surface area contributed by atoms with Gasteiger partial charge >= 0.3 is 6.18 Å². The highest BCUT2D eigenvalue weighted by molar-refractivity contribution is 5.95. The lowest BCUT2D eigenvalue weighted by molar-refractivity contribution is -0.140. The molecular formula is C24H26F3N5O2. The molecule has 0 bridgehead atoms. The summed E-state index contributed by atoms with van der Waals surface area (Å²) in [5.41, 5.74) is 0.482. The fraction of sp³-hybridized carbons (Fsp3) is 0.375. The van der Waals surface area contributed by atoms with Crippen molar-refractivity contribution in [2.45, 2.75) is 50.9 Å². The number of fused-ring (bicyclic) bond motifs is 1. The number of rotatable bonds is 5. The summed E-state index contributed by atoms with van der Waals surface area (Å²) in [5.74, 6) is 0.297. The van der Waals surface area contributed by atoms with Crippen molar-refractivity contribution < 1.29 is 22.8 Å². The summed E-state index contributed by atoms with van der Waals surface area (Å²) < 4.78 is 40.8. The zero-order valence-electron chi connectivity index (χ0n) is 18.9. The summed E-state index contributed by atoms with van der Waals surface area (Å²) in [7, 11) is 1.88. The first-order chi connectivity index (χ1) is 16.1. The number of nitrogens with zero attached hydrogens (tertiary/aromatic N) is 3. The Morgan fingerprint density at radius 2 is 1.74 bits per heavy atom. The summed E-state index contributed by atoms with van der Waals surface area (Å²) in [6.45, 7) is 1.42. The van der Waals surface area contributed by atoms with Gasteiger partial charge in [0.05, 0.1) is 0 Å². The predicted molar refractivity (Wildman–Crippen MR) is 123 cm³/mol. The second-order valence-electron chi connectivity index (χ2n) is 8.58. The van der Waals surface area contributed by atoms with Crippen molar-refractivity contribution >= 4 is 29.0 Å². The number of pyridine rings is 1. The second kappa shape index (κ2) is 9.36. The van der Waals surface area contributed by atoms with Gasteiger partial charge in [0.1, 0.15) is 11.5 Å². The Labute approximate surface area is 195 Å². The van der Waals surface area contributed by atoms with Crippen molar-refractivity contribution in [1.29, 1.82) is 0 Å². The lowest BCUT2D eigenvalue weighted by atomic mass is 9.90. The Morgan fingerprint density at radius 1 is 1.06 bits per heavy atom. The maximum Gasteiger partial charge on any atom is 0.434 e. The van der Waals surface area contributed by atoms with Crippen LogP contribution in [0, 0.1) is 0 Å². The number of alkyl halides is 3. The number of carbonyl (C=O) groups excluding carboxylic acids is 2. The van der Waals surface area contributed by atoms with Crippen molar-refractivity contribution in [3.8, 4) is 0 Å². The third-order valence-corrected chi connectivity index (χ3v) is 6.17. The molecule has 10 heteroatoms. The van der Waals surface area contributed by atoms with Crippen molar-refractivity contribution in [2.24, 2.45) is 0 Å². The lowest BCUT2D eigenvalue weighted by Gasteiger charge is -2.36. The molecule has 0 atom stereocenters. The number of benzene rings is 1. The van der Waals surface area contributed by atoms with Crippen LogP contribution in [0.2, 0.25) is 0 Å². The Balaban J connectivity index is 1.37. The van der Waals surface area contributed by atoms with Crippen molar-refractivity contribution in [3.63, 3.8) is 0 Å². The molecule has 1 saturated carbocycles. The molecule has 2 amide bonds. The molecule has 2 aromatic heterocycles. The molecule has 0 radical (unpaired) electrons. The monoisotopic (exact) mass is 473 g/mol. The van der Waals surface area contributed by atoms with Gasteiger partial charge in [-0.3, -0.25) is 14.0 Å². The van der Waals surface area contributed by atoms with Crippen LogP contribution in [0.3, 0.4) is 0 Å². The number of carbonyl (C=O) groups is 2. The molecule has 2 heterocycles. The van der Waals surface area contributed by atoms with E-state index in [1.165, 1.54) is 11.3 Å². The van der Waals surface area contributed by atoms with Crippen LogP contribution >= 0.6 is 0 Å². The highest BCUT2D eigenvalue weighted by Gasteiger charge is 2.34. The van der Waals surface area contributed by atoms with Crippen molar-refractivity contribution in [1.82, 2.24) is 14.7 Å². The Hall–Kier alpha value is -3.56. The molecule has 7 nitrogen and oxygen atoms in total. The summed E-state index contributed by atoms with van der Waals surface area (Å²) in [6, 6.07) is 11.9. The minimum absolute atomic E-state index is 0.0213. The van der Waals surface area contributed by atoms with E-state index in [0.717, 1.165) is 31.9 Å². The fourth-order valence-electron chi connectivity index (χ4n) is 4.39. The molecule has 180 valence electrons. The van der Waals surface area contributed by atoms with Crippen LogP contribution in [0.1, 0.15) is 48.7 Å². The Morgan fingerprint density at radius 3 is 2.35 bits per heavy atom. The molecular weight excluding hydrogens is 447 g/mol. The first-order valence-corrected chi connectivity index (χ1v) is 11.1. The van der Waals surface area contributed by atoms with Crippen LogP contribution in [-0.4, -0.2) is 40.3 Å². The van der Waals surface area contributed by atoms with E-state index in [4.69, 9.17) is 0 Å². The molecule has 2 N–H and O–H groups in total. The third kappa shape index (κ3) is 5.16. The quantitative estimate of drug-likeness (QED) is 0.573. The predicted octanol–water partition coefficient (Wildman–Crippen LogP) is 4.49. The Kier molecular flexibility index (Phi) is 6.49. The van der Waals surface area contributed by atoms with Crippen LogP contribution in [0.15, 0.2) is 48.7 Å². The van der Waals surface area contributed by atoms with Crippen LogP contribution in [0.5, 0.6) is 0 Å². The van der Waals surface area contributed by atoms with E-state index < -0.39 is 11.9 Å². The molecule has 0 spiro atoms. The van der Waals surface area contributed by atoms with E-state index in [1.54, 1.807) is 42.5 Å². The average molecular weight is 473 g/mol. The molecule has 4 rings (SSSR count). The van der Waals surface area contributed by atoms with E-state index >= 15 is 0 Å². The third-order valence-electron chi connectivity index (χ3n) is 6.17. The van der Waals surface area contributed by atoms with Crippen LogP contribution < -0.4 is 15.5 Å². The zero-order valence-corrected chi connectivity index (χ0v) is 18.9. The molecule has 1 aliphatic carbocycles. The number of halogens is 3. The molecule has 1 fully saturated rings. The van der Waals surface area contributed by atoms with Gasteiger partial charge in [0.2, 0.25) is 5.91 Å². The standard InChI is InChI=1S/C24H26F3N5O2/c1-15(33)28-17-8-6-16(7-9-17)23(34)29-18-10-12-19(13-11-18)31(2)22-5-3-4-21-30-20(14-32(21)22)24(25,26)27/h3-9,14,18-19H,10-13H2,1-2H3,(H,28,33)(H,29,34). The number of imidazole rings is 1. The SMILES string of the molecule is CC(=O)Nc1ccc(C(=O)NC2CCC(N(C)c3cccc4nc(C(F)(F)F)cn34)CC2)cc1. The normalized spacial score (nSPS) is 18.5. The van der Waals surface area contributed by atoms with Crippen LogP contribution in [0.25, 0.3) is 5.65 Å². The van der Waals surface area contributed by atoms with Gasteiger partial charge in [0.25, 0.3) is 5.91 Å². The highest BCUT2D eigenvalue weighted by Crippen LogP contribution is 2.31. The number of anilines is 2. The van der Waals surface area contributed by atoms with Gasteiger partial charge in [-0.15, -0.1) is 0 Å². The minimum atomic E-state index is -4.50. The largest absolute Gasteiger partial charge is 0.434 e. The van der Waals surface area contributed by atoms with Gasteiger partial charge in [-0.2, -0.15) is 13.2 Å². The first-order valence-electron chi connectivity index (χ1n) is 11.1. The average Bonchev–Trinajstić information content (AvgIpc) is 3.24. The number of hydrogen-bond donors (Lipinski definition) is 2. The van der Waals surface area contributed by atoms with Gasteiger partial charge < -0.3 is 15.5 Å². The summed E-state index contributed by atoms with van der Waals surface area (Å²) in [5, 5.41) is 5.72. The summed E-state index contributed by atoms with van der Waals surface area (Å²) in [4.78, 5) is 29.4. The van der Waals surface area contributed by atoms with E-state index in [2.05, 4.69) is 15.6 Å². The first kappa shape index (κ1) is 23.6. The molecule has 34 heavy (non-hydrogen) atoms. The van der Waals surface area contributed by atoms with Gasteiger partial charge in [-0.25, -0.2) is 4.98 Å². The van der Waals surface area contributed by atoms with Crippen molar-refractivity contribution in [2.75, 3.05) is 17.3 Å². The molecule has 1 aromatic carbocycles. The molecule has 0 aliphatic heterocycles. The van der Waals surface area contributed by atoms with Crippen molar-refractivity contribution in [3.05, 3.63) is 59.9 Å². The van der Waals surface area contributed by atoms with Crippen LogP contribution in [-0.2, 0) is 11.0 Å². The maximum absolute atomic E-state index is 13.1. The van der Waals surface area contributed by atoms with E-state index in [-0.39, 0.29) is 29.5 Å². The summed E-state index contributed by atoms with van der Waals surface area (Å²) in [6.07, 6.45) is -0.357. The van der Waals surface area contributed by atoms with Gasteiger partial charge in [0.15, 0.2) is 5.69 Å². The van der Waals surface area contributed by atoms with Gasteiger partial charge in [-0.1, -0.05) is 6.07 Å². The minimum Gasteiger partial charge on any atom is -0.358 e. The second-order valence-corrected chi connectivity index (χ2v) is 8.58. The molecule has 3 aromatic rings. The van der Waals surface area contributed by atoms with E-state index in [1.807, 2.05) is 11.9 Å². The number of amides is 2. The highest BCUT2D eigenvalue weighted by atomic mass is 19.4. The summed E-state index contributed by atoms with van der Waals surface area (Å²) >= 11 is 0. The van der Waals surface area contributed by atoms with E-state index in [0.29, 0.717) is 17.1 Å². The Bertz CT molecular complexity index is 1180. The number of aromatic nitrogens is 2. The van der Waals surface area contributed by atoms with Crippen LogP contribution in [0.4, 0.5) is 24.7 Å². The molecule has 0 unspecified atom stereocenters. The van der Waals surface area contributed by atoms with E-state index in [9.17, 15) is 22.8 Å². The number of hydrogen-bond acceptors (Lipinski definition) is 4. The molecule has 0 saturated heterocycles. The smallest absolute Gasteiger partial charge is 0.358 e.